The number of aromatic amines is 1. The van der Waals surface area contributed by atoms with Crippen LogP contribution in [0.3, 0.4) is 0 Å². The van der Waals surface area contributed by atoms with Crippen LogP contribution in [0.15, 0.2) is 65.9 Å². The number of allylic oxidation sites excluding steroid dienone is 1. The maximum atomic E-state index is 13.5. The molecule has 0 saturated carbocycles. The van der Waals surface area contributed by atoms with E-state index in [1.165, 1.54) is 14.2 Å². The first-order valence-corrected chi connectivity index (χ1v) is 18.8. The molecule has 0 aliphatic carbocycles. The van der Waals surface area contributed by atoms with E-state index in [0.29, 0.717) is 19.6 Å². The van der Waals surface area contributed by atoms with Crippen LogP contribution < -0.4 is 10.6 Å². The number of methoxy groups -OCH3 is 2. The molecule has 4 amide bonds. The van der Waals surface area contributed by atoms with Gasteiger partial charge in [0.05, 0.1) is 32.2 Å². The summed E-state index contributed by atoms with van der Waals surface area (Å²) in [5.41, 5.74) is 7.41. The summed E-state index contributed by atoms with van der Waals surface area (Å²) in [6, 6.07) is 15.3. The molecule has 3 aromatic rings. The molecule has 3 N–H and O–H groups in total. The van der Waals surface area contributed by atoms with Gasteiger partial charge in [0.2, 0.25) is 11.8 Å². The van der Waals surface area contributed by atoms with E-state index in [9.17, 15) is 19.2 Å². The van der Waals surface area contributed by atoms with Crippen molar-refractivity contribution in [2.24, 2.45) is 22.7 Å². The van der Waals surface area contributed by atoms with E-state index in [2.05, 4.69) is 69.1 Å². The van der Waals surface area contributed by atoms with Gasteiger partial charge < -0.3 is 34.9 Å². The minimum absolute atomic E-state index is 0.0604. The number of nitrogens with zero attached hydrogens (tertiary/aromatic N) is 4. The number of hydrogen-bond donors (Lipinski definition) is 3. The summed E-state index contributed by atoms with van der Waals surface area (Å²) in [6.07, 6.45) is 5.77. The molecule has 13 nitrogen and oxygen atoms in total. The molecule has 2 aromatic carbocycles. The number of alkyl carbamates (subject to hydrolysis) is 2. The van der Waals surface area contributed by atoms with E-state index < -0.39 is 24.3 Å². The molecule has 1 aromatic heterocycles. The van der Waals surface area contributed by atoms with Crippen molar-refractivity contribution in [2.75, 3.05) is 33.9 Å². The van der Waals surface area contributed by atoms with Crippen LogP contribution in [0.5, 0.6) is 0 Å². The van der Waals surface area contributed by atoms with Crippen molar-refractivity contribution in [3.8, 4) is 22.4 Å². The summed E-state index contributed by atoms with van der Waals surface area (Å²) in [7, 11) is 2.59. The van der Waals surface area contributed by atoms with Gasteiger partial charge in [-0.05, 0) is 58.9 Å². The molecule has 13 heteroatoms. The van der Waals surface area contributed by atoms with Crippen LogP contribution in [0, 0.1) is 17.8 Å². The normalized spacial score (nSPS) is 19.4. The second-order valence-electron chi connectivity index (χ2n) is 15.0. The smallest absolute Gasteiger partial charge is 0.407 e. The number of H-pyrrole nitrogens is 1. The highest BCUT2D eigenvalue weighted by Gasteiger charge is 2.38. The third-order valence-electron chi connectivity index (χ3n) is 10.7. The Morgan fingerprint density at radius 3 is 1.94 bits per heavy atom. The number of imidazole rings is 1. The van der Waals surface area contributed by atoms with E-state index in [4.69, 9.17) is 14.5 Å². The van der Waals surface area contributed by atoms with Gasteiger partial charge in [-0.2, -0.15) is 0 Å². The zero-order chi connectivity index (χ0) is 38.5. The summed E-state index contributed by atoms with van der Waals surface area (Å²) >= 11 is 0. The molecule has 1 unspecified atom stereocenters. The lowest BCUT2D eigenvalue weighted by molar-refractivity contribution is -0.135. The van der Waals surface area contributed by atoms with Crippen LogP contribution in [0.1, 0.15) is 70.8 Å². The molecule has 2 fully saturated rings. The first-order valence-electron chi connectivity index (χ1n) is 18.8. The average molecular weight is 738 g/mol. The van der Waals surface area contributed by atoms with E-state index in [0.717, 1.165) is 70.7 Å². The molecular formula is C41H51N7O6. The third-order valence-corrected chi connectivity index (χ3v) is 10.7. The molecule has 0 radical (unpaired) electrons. The Bertz CT molecular complexity index is 1900. The number of aromatic nitrogens is 2. The van der Waals surface area contributed by atoms with Crippen LogP contribution >= 0.6 is 0 Å². The number of benzene rings is 2. The number of carbonyl (C=O) groups is 4. The topological polar surface area (TPSA) is 158 Å². The molecule has 4 heterocycles. The van der Waals surface area contributed by atoms with Gasteiger partial charge in [0, 0.05) is 43.9 Å². The van der Waals surface area contributed by atoms with Crippen molar-refractivity contribution < 1.29 is 28.7 Å². The Kier molecular flexibility index (Phi) is 11.8. The van der Waals surface area contributed by atoms with Crippen molar-refractivity contribution in [1.82, 2.24) is 30.4 Å². The van der Waals surface area contributed by atoms with Gasteiger partial charge in [-0.15, -0.1) is 0 Å². The molecule has 2 saturated heterocycles. The van der Waals surface area contributed by atoms with Gasteiger partial charge in [-0.1, -0.05) is 76.2 Å². The molecule has 0 bridgehead atoms. The lowest BCUT2D eigenvalue weighted by atomic mass is 9.94. The van der Waals surface area contributed by atoms with Gasteiger partial charge in [0.15, 0.2) is 0 Å². The SMILES string of the molecule is COC(=O)N[C@H](C(=O)N1CCC(C2=NC=C(c3ccc(-c4ccc(-c5cnc([C@@H]6CCCN6C(=O)[C@@H](NC(=O)OC)C(C)C)[nH]5)cc4)cc3)C2)C1)C(C)C. The van der Waals surface area contributed by atoms with Crippen LogP contribution in [0.25, 0.3) is 28.0 Å². The molecular weight excluding hydrogens is 686 g/mol. The van der Waals surface area contributed by atoms with Gasteiger partial charge in [-0.25, -0.2) is 14.6 Å². The number of amides is 4. The Morgan fingerprint density at radius 2 is 1.35 bits per heavy atom. The molecule has 6 rings (SSSR count). The number of aliphatic imine (C=N–C) groups is 1. The largest absolute Gasteiger partial charge is 0.453 e. The monoisotopic (exact) mass is 737 g/mol. The quantitative estimate of drug-likeness (QED) is 0.211. The summed E-state index contributed by atoms with van der Waals surface area (Å²) < 4.78 is 9.48. The second-order valence-corrected chi connectivity index (χ2v) is 15.0. The minimum Gasteiger partial charge on any atom is -0.453 e. The Morgan fingerprint density at radius 1 is 0.778 bits per heavy atom. The zero-order valence-electron chi connectivity index (χ0n) is 31.9. The fraction of sp³-hybridized carbons (Fsp3) is 0.463. The van der Waals surface area contributed by atoms with E-state index in [1.54, 1.807) is 0 Å². The highest BCUT2D eigenvalue weighted by Crippen LogP contribution is 2.34. The lowest BCUT2D eigenvalue weighted by Crippen LogP contribution is -2.51. The zero-order valence-corrected chi connectivity index (χ0v) is 31.9. The number of hydrogen-bond acceptors (Lipinski definition) is 8. The van der Waals surface area contributed by atoms with Gasteiger partial charge >= 0.3 is 12.2 Å². The lowest BCUT2D eigenvalue weighted by Gasteiger charge is -2.30. The number of likely N-dealkylation sites (tertiary alicyclic amines) is 2. The molecule has 286 valence electrons. The van der Waals surface area contributed by atoms with Crippen molar-refractivity contribution in [2.45, 2.75) is 71.5 Å². The van der Waals surface area contributed by atoms with E-state index >= 15 is 0 Å². The molecule has 4 atom stereocenters. The summed E-state index contributed by atoms with van der Waals surface area (Å²) in [4.78, 5) is 67.1. The molecule has 3 aliphatic rings. The minimum atomic E-state index is -0.681. The first-order chi connectivity index (χ1) is 26.0. The van der Waals surface area contributed by atoms with Gasteiger partial charge in [-0.3, -0.25) is 14.6 Å². The van der Waals surface area contributed by atoms with Crippen molar-refractivity contribution >= 4 is 35.3 Å². The second kappa shape index (κ2) is 16.7. The Balaban J connectivity index is 1.04. The van der Waals surface area contributed by atoms with Crippen LogP contribution in [-0.2, 0) is 19.1 Å². The fourth-order valence-corrected chi connectivity index (χ4v) is 7.57. The number of rotatable bonds is 11. The predicted molar refractivity (Wildman–Crippen MR) is 206 cm³/mol. The highest BCUT2D eigenvalue weighted by molar-refractivity contribution is 6.00. The first kappa shape index (κ1) is 38.3. The maximum Gasteiger partial charge on any atom is 0.407 e. The highest BCUT2D eigenvalue weighted by atomic mass is 16.5. The summed E-state index contributed by atoms with van der Waals surface area (Å²) in [5.74, 6) is 0.539. The molecule has 0 spiro atoms. The summed E-state index contributed by atoms with van der Waals surface area (Å²) in [5, 5.41) is 5.38. The Labute approximate surface area is 316 Å². The number of carbonyl (C=O) groups excluding carboxylic acids is 4. The van der Waals surface area contributed by atoms with Crippen molar-refractivity contribution in [1.29, 1.82) is 0 Å². The predicted octanol–water partition coefficient (Wildman–Crippen LogP) is 6.20. The van der Waals surface area contributed by atoms with Crippen molar-refractivity contribution in [3.63, 3.8) is 0 Å². The van der Waals surface area contributed by atoms with Crippen molar-refractivity contribution in [3.05, 3.63) is 72.3 Å². The van der Waals surface area contributed by atoms with Gasteiger partial charge in [0.25, 0.3) is 0 Å². The fourth-order valence-electron chi connectivity index (χ4n) is 7.57. The van der Waals surface area contributed by atoms with E-state index in [1.807, 2.05) is 49.9 Å². The molecule has 3 aliphatic heterocycles. The Hall–Kier alpha value is -5.46. The molecule has 54 heavy (non-hydrogen) atoms. The maximum absolute atomic E-state index is 13.5. The number of nitrogens with one attached hydrogen (secondary N) is 3. The average Bonchev–Trinajstić information content (AvgIpc) is 4.02. The van der Waals surface area contributed by atoms with Crippen LogP contribution in [0.2, 0.25) is 0 Å². The number of ether oxygens (including phenoxy) is 2. The van der Waals surface area contributed by atoms with Gasteiger partial charge in [0.1, 0.15) is 17.9 Å². The third kappa shape index (κ3) is 8.35. The van der Waals surface area contributed by atoms with Crippen LogP contribution in [-0.4, -0.2) is 95.4 Å². The summed E-state index contributed by atoms with van der Waals surface area (Å²) in [6.45, 7) is 9.46. The van der Waals surface area contributed by atoms with Crippen LogP contribution in [0.4, 0.5) is 9.59 Å². The van der Waals surface area contributed by atoms with E-state index in [-0.39, 0.29) is 35.6 Å². The standard InChI is InChI=1S/C41H51N7O6/c1-24(2)35(45-40(51)53-5)38(49)47-19-17-30(23-47)32-20-31(21-42-32)28-11-9-26(10-12-28)27-13-15-29(16-14-27)33-22-43-37(44-33)34-8-7-18-48(34)39(50)36(25(3)4)46-41(52)54-6/h9-16,21-22,24-25,30,34-36H,7-8,17-20,23H2,1-6H3,(H,43,44)(H,45,51)(H,46,52)/t30?,34-,35-,36-/m0/s1.